The highest BCUT2D eigenvalue weighted by molar-refractivity contribution is 5.83. The molecule has 0 bridgehead atoms. The van der Waals surface area contributed by atoms with Crippen molar-refractivity contribution >= 4 is 17.1 Å². The van der Waals surface area contributed by atoms with Gasteiger partial charge in [0, 0.05) is 28.9 Å². The van der Waals surface area contributed by atoms with Crippen LogP contribution in [0.25, 0.3) is 22.3 Å². The van der Waals surface area contributed by atoms with E-state index in [1.54, 1.807) is 0 Å². The Labute approximate surface area is 264 Å². The number of hydrogen-bond acceptors (Lipinski definition) is 1. The summed E-state index contributed by atoms with van der Waals surface area (Å²) in [5.74, 6) is 0.487. The fourth-order valence-corrected chi connectivity index (χ4v) is 7.69. The molecule has 1 nitrogen and oxygen atoms in total. The molecule has 0 unspecified atom stereocenters. The molecule has 45 heavy (non-hydrogen) atoms. The third kappa shape index (κ3) is 4.16. The standard InChI is InChI=1S/C44H31N/c1-2-12-32(13-3-1)45(33-26-22-30(23-27-33)43-39-18-8-4-14-35(39)36-15-5-9-19-40(36)43)34-28-24-31(25-29-34)44-41-20-10-6-16-37(41)38-17-7-11-21-42(38)44/h1-29,43-44H. The molecule has 2 aliphatic rings. The first-order valence-electron chi connectivity index (χ1n) is 15.8. The van der Waals surface area contributed by atoms with E-state index in [0.29, 0.717) is 0 Å². The van der Waals surface area contributed by atoms with Crippen LogP contribution in [0, 0.1) is 0 Å². The molecule has 2 aliphatic carbocycles. The Bertz CT molecular complexity index is 1930. The van der Waals surface area contributed by atoms with Crippen molar-refractivity contribution in [2.45, 2.75) is 11.8 Å². The van der Waals surface area contributed by atoms with Gasteiger partial charge in [-0.25, -0.2) is 0 Å². The molecule has 9 rings (SSSR count). The van der Waals surface area contributed by atoms with Crippen molar-refractivity contribution in [2.24, 2.45) is 0 Å². The first-order valence-corrected chi connectivity index (χ1v) is 15.8. The Balaban J connectivity index is 1.10. The van der Waals surface area contributed by atoms with Crippen LogP contribution in [0.5, 0.6) is 0 Å². The number of para-hydroxylation sites is 1. The monoisotopic (exact) mass is 573 g/mol. The lowest BCUT2D eigenvalue weighted by molar-refractivity contribution is 1.01. The first-order chi connectivity index (χ1) is 22.3. The lowest BCUT2D eigenvalue weighted by atomic mass is 9.89. The van der Waals surface area contributed by atoms with Crippen LogP contribution in [0.4, 0.5) is 17.1 Å². The van der Waals surface area contributed by atoms with Gasteiger partial charge in [0.1, 0.15) is 0 Å². The molecule has 0 spiro atoms. The number of fused-ring (bicyclic) bond motifs is 6. The van der Waals surface area contributed by atoms with Gasteiger partial charge in [0.15, 0.2) is 0 Å². The second kappa shape index (κ2) is 10.5. The van der Waals surface area contributed by atoms with Crippen molar-refractivity contribution < 1.29 is 0 Å². The molecule has 0 saturated heterocycles. The molecular formula is C44H31N. The number of rotatable bonds is 5. The van der Waals surface area contributed by atoms with Gasteiger partial charge >= 0.3 is 0 Å². The molecule has 0 saturated carbocycles. The maximum absolute atomic E-state index is 2.36. The normalized spacial score (nSPS) is 13.2. The average Bonchev–Trinajstić information content (AvgIpc) is 3.63. The lowest BCUT2D eigenvalue weighted by Crippen LogP contribution is -2.10. The Morgan fingerprint density at radius 3 is 0.911 bits per heavy atom. The topological polar surface area (TPSA) is 3.24 Å². The van der Waals surface area contributed by atoms with Crippen LogP contribution in [0.3, 0.4) is 0 Å². The van der Waals surface area contributed by atoms with Gasteiger partial charge in [0.25, 0.3) is 0 Å². The maximum Gasteiger partial charge on any atom is 0.0461 e. The molecule has 0 amide bonds. The van der Waals surface area contributed by atoms with E-state index in [-0.39, 0.29) is 11.8 Å². The van der Waals surface area contributed by atoms with E-state index in [1.165, 1.54) is 55.6 Å². The fraction of sp³-hybridized carbons (Fsp3) is 0.0455. The zero-order valence-corrected chi connectivity index (χ0v) is 24.8. The Morgan fingerprint density at radius 2 is 0.556 bits per heavy atom. The Hall–Kier alpha value is -5.66. The minimum absolute atomic E-state index is 0.244. The summed E-state index contributed by atoms with van der Waals surface area (Å²) in [7, 11) is 0. The summed E-state index contributed by atoms with van der Waals surface area (Å²) in [6, 6.07) is 64.5. The zero-order chi connectivity index (χ0) is 29.7. The van der Waals surface area contributed by atoms with Crippen LogP contribution >= 0.6 is 0 Å². The van der Waals surface area contributed by atoms with Gasteiger partial charge in [-0.05, 0) is 92.0 Å². The predicted octanol–water partition coefficient (Wildman–Crippen LogP) is 11.5. The number of anilines is 3. The van der Waals surface area contributed by atoms with Gasteiger partial charge in [-0.1, -0.05) is 140 Å². The zero-order valence-electron chi connectivity index (χ0n) is 24.8. The number of nitrogens with zero attached hydrogens (tertiary/aromatic N) is 1. The van der Waals surface area contributed by atoms with Crippen LogP contribution in [0.2, 0.25) is 0 Å². The first kappa shape index (κ1) is 25.8. The molecule has 0 atom stereocenters. The fourth-order valence-electron chi connectivity index (χ4n) is 7.69. The summed E-state index contributed by atoms with van der Waals surface area (Å²) in [4.78, 5) is 2.36. The van der Waals surface area contributed by atoms with Crippen LogP contribution in [0.15, 0.2) is 176 Å². The van der Waals surface area contributed by atoms with Gasteiger partial charge in [-0.15, -0.1) is 0 Å². The van der Waals surface area contributed by atoms with Crippen LogP contribution < -0.4 is 4.90 Å². The van der Waals surface area contributed by atoms with E-state index in [2.05, 4.69) is 181 Å². The molecule has 0 heterocycles. The third-order valence-electron chi connectivity index (χ3n) is 9.65. The third-order valence-corrected chi connectivity index (χ3v) is 9.65. The largest absolute Gasteiger partial charge is 0.311 e. The number of benzene rings is 7. The van der Waals surface area contributed by atoms with E-state index in [1.807, 2.05) is 0 Å². The van der Waals surface area contributed by atoms with Gasteiger partial charge in [0.05, 0.1) is 0 Å². The highest BCUT2D eigenvalue weighted by Gasteiger charge is 2.31. The Morgan fingerprint density at radius 1 is 0.267 bits per heavy atom. The lowest BCUT2D eigenvalue weighted by Gasteiger charge is -2.27. The smallest absolute Gasteiger partial charge is 0.0461 e. The summed E-state index contributed by atoms with van der Waals surface area (Å²) < 4.78 is 0. The van der Waals surface area contributed by atoms with Gasteiger partial charge < -0.3 is 4.90 Å². The minimum Gasteiger partial charge on any atom is -0.311 e. The molecule has 7 aromatic rings. The van der Waals surface area contributed by atoms with Crippen LogP contribution in [-0.2, 0) is 0 Å². The summed E-state index contributed by atoms with van der Waals surface area (Å²) in [5.41, 5.74) is 17.0. The van der Waals surface area contributed by atoms with Crippen molar-refractivity contribution in [3.63, 3.8) is 0 Å². The quantitative estimate of drug-likeness (QED) is 0.198. The van der Waals surface area contributed by atoms with Crippen molar-refractivity contribution in [3.05, 3.63) is 209 Å². The highest BCUT2D eigenvalue weighted by Crippen LogP contribution is 2.50. The average molecular weight is 574 g/mol. The van der Waals surface area contributed by atoms with Crippen LogP contribution in [0.1, 0.15) is 45.2 Å². The predicted molar refractivity (Wildman–Crippen MR) is 187 cm³/mol. The molecule has 212 valence electrons. The number of hydrogen-bond donors (Lipinski definition) is 0. The molecule has 0 fully saturated rings. The second-order valence-electron chi connectivity index (χ2n) is 12.1. The van der Waals surface area contributed by atoms with E-state index < -0.39 is 0 Å². The molecule has 7 aromatic carbocycles. The Kier molecular flexibility index (Phi) is 6.02. The van der Waals surface area contributed by atoms with Gasteiger partial charge in [0.2, 0.25) is 0 Å². The molecule has 0 N–H and O–H groups in total. The summed E-state index contributed by atoms with van der Waals surface area (Å²) in [5, 5.41) is 0. The minimum atomic E-state index is 0.244. The summed E-state index contributed by atoms with van der Waals surface area (Å²) in [6.45, 7) is 0. The molecule has 0 radical (unpaired) electrons. The molecule has 1 heteroatoms. The van der Waals surface area contributed by atoms with Gasteiger partial charge in [-0.2, -0.15) is 0 Å². The summed E-state index contributed by atoms with van der Waals surface area (Å²) >= 11 is 0. The van der Waals surface area contributed by atoms with Crippen LogP contribution in [-0.4, -0.2) is 0 Å². The van der Waals surface area contributed by atoms with E-state index in [9.17, 15) is 0 Å². The van der Waals surface area contributed by atoms with Crippen molar-refractivity contribution in [1.29, 1.82) is 0 Å². The van der Waals surface area contributed by atoms with E-state index >= 15 is 0 Å². The highest BCUT2D eigenvalue weighted by atomic mass is 15.1. The van der Waals surface area contributed by atoms with Gasteiger partial charge in [-0.3, -0.25) is 0 Å². The van der Waals surface area contributed by atoms with Crippen molar-refractivity contribution in [2.75, 3.05) is 4.90 Å². The molecule has 0 aromatic heterocycles. The molecule has 0 aliphatic heterocycles. The second-order valence-corrected chi connectivity index (χ2v) is 12.1. The maximum atomic E-state index is 2.36. The van der Waals surface area contributed by atoms with Crippen molar-refractivity contribution in [1.82, 2.24) is 0 Å². The van der Waals surface area contributed by atoms with E-state index in [4.69, 9.17) is 0 Å². The molecular weight excluding hydrogens is 542 g/mol. The van der Waals surface area contributed by atoms with E-state index in [0.717, 1.165) is 17.1 Å². The summed E-state index contributed by atoms with van der Waals surface area (Å²) in [6.07, 6.45) is 0. The van der Waals surface area contributed by atoms with Crippen molar-refractivity contribution in [3.8, 4) is 22.3 Å². The SMILES string of the molecule is c1ccc(N(c2ccc(C3c4ccccc4-c4ccccc43)cc2)c2ccc(C3c4ccccc4-c4ccccc43)cc2)cc1.